The van der Waals surface area contributed by atoms with Crippen LogP contribution in [0.4, 0.5) is 20.3 Å². The quantitative estimate of drug-likeness (QED) is 0.888. The molecule has 23 heavy (non-hydrogen) atoms. The molecule has 0 saturated carbocycles. The van der Waals surface area contributed by atoms with Crippen LogP contribution in [-0.2, 0) is 0 Å². The fraction of sp³-hybridized carbons (Fsp3) is 0.312. The lowest BCUT2D eigenvalue weighted by Gasteiger charge is -2.17. The predicted octanol–water partition coefficient (Wildman–Crippen LogP) is 3.24. The van der Waals surface area contributed by atoms with E-state index in [1.807, 2.05) is 11.9 Å². The molecular weight excluding hydrogens is 302 g/mol. The predicted molar refractivity (Wildman–Crippen MR) is 84.5 cm³/mol. The van der Waals surface area contributed by atoms with Crippen molar-refractivity contribution >= 4 is 17.4 Å². The Bertz CT molecular complexity index is 673. The van der Waals surface area contributed by atoms with E-state index in [0.717, 1.165) is 31.5 Å². The molecule has 1 aromatic heterocycles. The van der Waals surface area contributed by atoms with Gasteiger partial charge in [-0.25, -0.2) is 18.7 Å². The molecule has 0 spiro atoms. The van der Waals surface area contributed by atoms with Crippen LogP contribution in [0.2, 0.25) is 0 Å². The first kappa shape index (κ1) is 16.8. The van der Waals surface area contributed by atoms with Crippen LogP contribution in [0.1, 0.15) is 30.3 Å². The Morgan fingerprint density at radius 3 is 2.61 bits per heavy atom. The number of anilines is 2. The molecule has 0 aliphatic heterocycles. The van der Waals surface area contributed by atoms with Crippen molar-refractivity contribution in [2.24, 2.45) is 0 Å². The molecule has 0 aliphatic rings. The maximum atomic E-state index is 13.6. The number of nitrogens with one attached hydrogen (secondary N) is 1. The molecule has 0 saturated heterocycles. The zero-order valence-corrected chi connectivity index (χ0v) is 13.0. The van der Waals surface area contributed by atoms with E-state index in [-0.39, 0.29) is 5.69 Å². The average molecular weight is 320 g/mol. The van der Waals surface area contributed by atoms with Crippen molar-refractivity contribution < 1.29 is 13.6 Å². The molecule has 2 rings (SSSR count). The van der Waals surface area contributed by atoms with Crippen LogP contribution >= 0.6 is 0 Å². The third-order valence-electron chi connectivity index (χ3n) is 3.32. The summed E-state index contributed by atoms with van der Waals surface area (Å²) in [5.74, 6) is -1.80. The highest BCUT2D eigenvalue weighted by Crippen LogP contribution is 2.19. The fourth-order valence-corrected chi connectivity index (χ4v) is 1.98. The SMILES string of the molecule is CCCCN(C)c1cc(C(=O)Nc2c(F)cccc2F)ncn1. The Morgan fingerprint density at radius 1 is 1.26 bits per heavy atom. The van der Waals surface area contributed by atoms with Crippen LogP contribution in [0.25, 0.3) is 0 Å². The summed E-state index contributed by atoms with van der Waals surface area (Å²) in [4.78, 5) is 22.0. The largest absolute Gasteiger partial charge is 0.360 e. The molecule has 0 aliphatic carbocycles. The Morgan fingerprint density at radius 2 is 1.96 bits per heavy atom. The van der Waals surface area contributed by atoms with Crippen LogP contribution < -0.4 is 10.2 Å². The van der Waals surface area contributed by atoms with Crippen LogP contribution in [0.15, 0.2) is 30.6 Å². The fourth-order valence-electron chi connectivity index (χ4n) is 1.98. The Hall–Kier alpha value is -2.57. The summed E-state index contributed by atoms with van der Waals surface area (Å²) in [5.41, 5.74) is -0.446. The minimum absolute atomic E-state index is 0.0426. The van der Waals surface area contributed by atoms with Gasteiger partial charge < -0.3 is 10.2 Å². The number of rotatable bonds is 6. The van der Waals surface area contributed by atoms with Gasteiger partial charge in [0.15, 0.2) is 0 Å². The van der Waals surface area contributed by atoms with Crippen molar-refractivity contribution in [3.8, 4) is 0 Å². The minimum atomic E-state index is -0.840. The zero-order valence-electron chi connectivity index (χ0n) is 13.0. The number of nitrogens with zero attached hydrogens (tertiary/aromatic N) is 3. The molecular formula is C16H18F2N4O. The van der Waals surface area contributed by atoms with Gasteiger partial charge in [-0.3, -0.25) is 4.79 Å². The lowest BCUT2D eigenvalue weighted by Crippen LogP contribution is -2.21. The molecule has 0 radical (unpaired) electrons. The first-order valence-electron chi connectivity index (χ1n) is 7.31. The van der Waals surface area contributed by atoms with Gasteiger partial charge in [-0.2, -0.15) is 0 Å². The molecule has 1 heterocycles. The number of carbonyl (C=O) groups is 1. The first-order valence-corrected chi connectivity index (χ1v) is 7.31. The number of hydrogen-bond donors (Lipinski definition) is 1. The molecule has 2 aromatic rings. The molecule has 0 atom stereocenters. The Labute approximate surface area is 133 Å². The van der Waals surface area contributed by atoms with Crippen molar-refractivity contribution in [3.63, 3.8) is 0 Å². The monoisotopic (exact) mass is 320 g/mol. The van der Waals surface area contributed by atoms with Crippen LogP contribution in [0.3, 0.4) is 0 Å². The highest BCUT2D eigenvalue weighted by atomic mass is 19.1. The number of para-hydroxylation sites is 1. The summed E-state index contributed by atoms with van der Waals surface area (Å²) < 4.78 is 27.2. The molecule has 5 nitrogen and oxygen atoms in total. The number of halogens is 2. The van der Waals surface area contributed by atoms with E-state index in [2.05, 4.69) is 22.2 Å². The van der Waals surface area contributed by atoms with E-state index in [0.29, 0.717) is 5.82 Å². The summed E-state index contributed by atoms with van der Waals surface area (Å²) >= 11 is 0. The van der Waals surface area contributed by atoms with Gasteiger partial charge in [-0.05, 0) is 18.6 Å². The first-order chi connectivity index (χ1) is 11.0. The third-order valence-corrected chi connectivity index (χ3v) is 3.32. The minimum Gasteiger partial charge on any atom is -0.360 e. The standard InChI is InChI=1S/C16H18F2N4O/c1-3-4-8-22(2)14-9-13(19-10-20-14)16(23)21-15-11(17)6-5-7-12(15)18/h5-7,9-10H,3-4,8H2,1-2H3,(H,21,23). The summed E-state index contributed by atoms with van der Waals surface area (Å²) in [6.07, 6.45) is 3.28. The molecule has 1 amide bonds. The van der Waals surface area contributed by atoms with E-state index < -0.39 is 23.2 Å². The number of hydrogen-bond acceptors (Lipinski definition) is 4. The van der Waals surface area contributed by atoms with Crippen molar-refractivity contribution in [2.45, 2.75) is 19.8 Å². The van der Waals surface area contributed by atoms with Gasteiger partial charge in [-0.15, -0.1) is 0 Å². The van der Waals surface area contributed by atoms with E-state index in [1.54, 1.807) is 0 Å². The normalized spacial score (nSPS) is 10.4. The van der Waals surface area contributed by atoms with E-state index in [9.17, 15) is 13.6 Å². The second kappa shape index (κ2) is 7.62. The second-order valence-corrected chi connectivity index (χ2v) is 5.09. The molecule has 122 valence electrons. The smallest absolute Gasteiger partial charge is 0.274 e. The summed E-state index contributed by atoms with van der Waals surface area (Å²) in [6.45, 7) is 2.87. The number of carbonyl (C=O) groups excluding carboxylic acids is 1. The van der Waals surface area contributed by atoms with Crippen LogP contribution in [0, 0.1) is 11.6 Å². The van der Waals surface area contributed by atoms with Crippen molar-refractivity contribution in [1.29, 1.82) is 0 Å². The van der Waals surface area contributed by atoms with Gasteiger partial charge >= 0.3 is 0 Å². The highest BCUT2D eigenvalue weighted by Gasteiger charge is 2.15. The summed E-state index contributed by atoms with van der Waals surface area (Å²) in [6, 6.07) is 4.86. The summed E-state index contributed by atoms with van der Waals surface area (Å²) in [7, 11) is 1.86. The number of amides is 1. The second-order valence-electron chi connectivity index (χ2n) is 5.09. The highest BCUT2D eigenvalue weighted by molar-refractivity contribution is 6.03. The zero-order chi connectivity index (χ0) is 16.8. The number of aromatic nitrogens is 2. The molecule has 0 fully saturated rings. The molecule has 0 unspecified atom stereocenters. The molecule has 7 heteroatoms. The van der Waals surface area contributed by atoms with Crippen LogP contribution in [0.5, 0.6) is 0 Å². The topological polar surface area (TPSA) is 58.1 Å². The van der Waals surface area contributed by atoms with Gasteiger partial charge in [0.25, 0.3) is 5.91 Å². The maximum absolute atomic E-state index is 13.6. The van der Waals surface area contributed by atoms with Crippen molar-refractivity contribution in [2.75, 3.05) is 23.8 Å². The molecule has 0 bridgehead atoms. The van der Waals surface area contributed by atoms with Gasteiger partial charge in [0.2, 0.25) is 0 Å². The van der Waals surface area contributed by atoms with Gasteiger partial charge in [0.05, 0.1) is 0 Å². The number of unbranched alkanes of at least 4 members (excludes halogenated alkanes) is 1. The summed E-state index contributed by atoms with van der Waals surface area (Å²) in [5, 5.41) is 2.21. The van der Waals surface area contributed by atoms with E-state index in [1.165, 1.54) is 18.5 Å². The Balaban J connectivity index is 2.17. The number of benzene rings is 1. The average Bonchev–Trinajstić information content (AvgIpc) is 2.56. The van der Waals surface area contributed by atoms with Gasteiger partial charge in [0, 0.05) is 19.7 Å². The van der Waals surface area contributed by atoms with Crippen molar-refractivity contribution in [3.05, 3.63) is 47.9 Å². The Kier molecular flexibility index (Phi) is 5.56. The molecule has 1 N–H and O–H groups in total. The van der Waals surface area contributed by atoms with Gasteiger partial charge in [0.1, 0.15) is 35.2 Å². The maximum Gasteiger partial charge on any atom is 0.274 e. The van der Waals surface area contributed by atoms with Crippen molar-refractivity contribution in [1.82, 2.24) is 9.97 Å². The van der Waals surface area contributed by atoms with E-state index in [4.69, 9.17) is 0 Å². The molecule has 1 aromatic carbocycles. The lowest BCUT2D eigenvalue weighted by atomic mass is 10.2. The van der Waals surface area contributed by atoms with Crippen LogP contribution in [-0.4, -0.2) is 29.5 Å². The lowest BCUT2D eigenvalue weighted by molar-refractivity contribution is 0.102. The van der Waals surface area contributed by atoms with E-state index >= 15 is 0 Å². The third kappa shape index (κ3) is 4.21. The van der Waals surface area contributed by atoms with Gasteiger partial charge in [-0.1, -0.05) is 19.4 Å².